The Bertz CT molecular complexity index is 729. The highest BCUT2D eigenvalue weighted by Gasteiger charge is 2.26. The number of esters is 1. The van der Waals surface area contributed by atoms with Gasteiger partial charge in [0.2, 0.25) is 11.2 Å². The van der Waals surface area contributed by atoms with Crippen LogP contribution in [0.2, 0.25) is 0 Å². The molecule has 2 rings (SSSR count). The van der Waals surface area contributed by atoms with E-state index in [1.165, 1.54) is 25.3 Å². The fraction of sp³-hybridized carbons (Fsp3) is 0.250. The lowest BCUT2D eigenvalue weighted by atomic mass is 9.92. The minimum atomic E-state index is -0.694. The Balaban J connectivity index is 2.56. The van der Waals surface area contributed by atoms with Crippen LogP contribution in [0.3, 0.4) is 0 Å². The van der Waals surface area contributed by atoms with Gasteiger partial charge in [-0.2, -0.15) is 0 Å². The molecule has 6 heteroatoms. The van der Waals surface area contributed by atoms with Crippen LogP contribution in [0.1, 0.15) is 29.4 Å². The Morgan fingerprint density at radius 3 is 2.50 bits per heavy atom. The first-order valence-corrected chi connectivity index (χ1v) is 6.61. The largest absolute Gasteiger partial charge is 0.508 e. The zero-order valence-corrected chi connectivity index (χ0v) is 12.2. The lowest BCUT2D eigenvalue weighted by Crippen LogP contribution is -2.13. The summed E-state index contributed by atoms with van der Waals surface area (Å²) in [5.74, 6) is -1.35. The number of ether oxygens (including phenoxy) is 1. The summed E-state index contributed by atoms with van der Waals surface area (Å²) in [7, 11) is 1.25. The van der Waals surface area contributed by atoms with Gasteiger partial charge in [-0.3, -0.25) is 9.59 Å². The first kappa shape index (κ1) is 15.6. The lowest BCUT2D eigenvalue weighted by molar-refractivity contribution is -0.140. The number of aryl methyl sites for hydroxylation is 1. The number of aromatic hydroxyl groups is 2. The second kappa shape index (κ2) is 6.34. The third kappa shape index (κ3) is 3.28. The van der Waals surface area contributed by atoms with Gasteiger partial charge in [0.25, 0.3) is 0 Å². The predicted molar refractivity (Wildman–Crippen MR) is 78.0 cm³/mol. The van der Waals surface area contributed by atoms with E-state index in [0.717, 1.165) is 0 Å². The van der Waals surface area contributed by atoms with Gasteiger partial charge in [0.15, 0.2) is 5.76 Å². The molecular weight excluding hydrogens is 288 g/mol. The van der Waals surface area contributed by atoms with E-state index >= 15 is 0 Å². The second-order valence-electron chi connectivity index (χ2n) is 4.86. The van der Waals surface area contributed by atoms with Crippen molar-refractivity contribution in [3.8, 4) is 11.5 Å². The molecule has 22 heavy (non-hydrogen) atoms. The lowest BCUT2D eigenvalue weighted by Gasteiger charge is -2.17. The van der Waals surface area contributed by atoms with Crippen molar-refractivity contribution in [3.05, 3.63) is 57.6 Å². The summed E-state index contributed by atoms with van der Waals surface area (Å²) in [6.07, 6.45) is -0.110. The van der Waals surface area contributed by atoms with Crippen molar-refractivity contribution in [2.75, 3.05) is 7.11 Å². The van der Waals surface area contributed by atoms with Gasteiger partial charge in [-0.15, -0.1) is 0 Å². The highest BCUT2D eigenvalue weighted by atomic mass is 16.5. The maximum Gasteiger partial charge on any atom is 0.306 e. The molecule has 0 aliphatic heterocycles. The number of hydrogen-bond acceptors (Lipinski definition) is 6. The van der Waals surface area contributed by atoms with Crippen molar-refractivity contribution in [2.45, 2.75) is 19.3 Å². The van der Waals surface area contributed by atoms with Gasteiger partial charge < -0.3 is 19.4 Å². The van der Waals surface area contributed by atoms with Crippen LogP contribution in [-0.2, 0) is 9.53 Å². The van der Waals surface area contributed by atoms with Gasteiger partial charge in [0, 0.05) is 6.07 Å². The van der Waals surface area contributed by atoms with Crippen LogP contribution >= 0.6 is 0 Å². The fourth-order valence-corrected chi connectivity index (χ4v) is 2.18. The summed E-state index contributed by atoms with van der Waals surface area (Å²) in [5.41, 5.74) is 0.0274. The topological polar surface area (TPSA) is 97.0 Å². The fourth-order valence-electron chi connectivity index (χ4n) is 2.18. The average Bonchev–Trinajstić information content (AvgIpc) is 2.49. The molecule has 0 fully saturated rings. The van der Waals surface area contributed by atoms with Gasteiger partial charge >= 0.3 is 5.97 Å². The molecule has 1 aromatic carbocycles. The van der Waals surface area contributed by atoms with Gasteiger partial charge in [0.05, 0.1) is 19.4 Å². The van der Waals surface area contributed by atoms with E-state index in [1.807, 2.05) is 0 Å². The number of phenols is 1. The minimum absolute atomic E-state index is 0.00101. The highest BCUT2D eigenvalue weighted by molar-refractivity contribution is 5.71. The third-order valence-electron chi connectivity index (χ3n) is 3.28. The summed E-state index contributed by atoms with van der Waals surface area (Å²) in [4.78, 5) is 23.4. The Hall–Kier alpha value is -2.76. The Labute approximate surface area is 126 Å². The normalized spacial score (nSPS) is 11.9. The first-order valence-electron chi connectivity index (χ1n) is 6.61. The minimum Gasteiger partial charge on any atom is -0.508 e. The molecule has 0 radical (unpaired) electrons. The number of phenolic OH excluding ortho intramolecular Hbond substituents is 1. The van der Waals surface area contributed by atoms with Gasteiger partial charge in [-0.1, -0.05) is 12.1 Å². The maximum atomic E-state index is 11.7. The zero-order valence-electron chi connectivity index (χ0n) is 12.2. The predicted octanol–water partition coefficient (Wildman–Crippen LogP) is 2.05. The smallest absolute Gasteiger partial charge is 0.306 e. The molecule has 0 aliphatic rings. The van der Waals surface area contributed by atoms with Crippen LogP contribution in [0.15, 0.2) is 39.5 Å². The van der Waals surface area contributed by atoms with Crippen molar-refractivity contribution < 1.29 is 24.2 Å². The molecule has 0 bridgehead atoms. The van der Waals surface area contributed by atoms with E-state index in [9.17, 15) is 19.8 Å². The average molecular weight is 304 g/mol. The molecule has 2 N–H and O–H groups in total. The van der Waals surface area contributed by atoms with Crippen molar-refractivity contribution in [2.24, 2.45) is 0 Å². The van der Waals surface area contributed by atoms with E-state index in [4.69, 9.17) is 4.42 Å². The summed E-state index contributed by atoms with van der Waals surface area (Å²) in [5, 5.41) is 19.4. The van der Waals surface area contributed by atoms with Crippen LogP contribution in [0.4, 0.5) is 0 Å². The molecule has 0 amide bonds. The van der Waals surface area contributed by atoms with Crippen molar-refractivity contribution in [1.82, 2.24) is 0 Å². The molecule has 1 atom stereocenters. The molecule has 0 saturated heterocycles. The quantitative estimate of drug-likeness (QED) is 0.839. The van der Waals surface area contributed by atoms with E-state index in [2.05, 4.69) is 4.74 Å². The molecule has 1 unspecified atom stereocenters. The van der Waals surface area contributed by atoms with Gasteiger partial charge in [0.1, 0.15) is 11.5 Å². The highest BCUT2D eigenvalue weighted by Crippen LogP contribution is 2.33. The van der Waals surface area contributed by atoms with Crippen LogP contribution in [0, 0.1) is 6.92 Å². The van der Waals surface area contributed by atoms with Gasteiger partial charge in [-0.05, 0) is 24.6 Å². The van der Waals surface area contributed by atoms with Crippen LogP contribution < -0.4 is 5.43 Å². The standard InChI is InChI=1S/C16H16O6/c1-9-7-13(18)15(20)16(22-9)12(8-14(19)21-2)10-3-5-11(17)6-4-10/h3-7,12,17,20H,8H2,1-2H3. The molecule has 6 nitrogen and oxygen atoms in total. The molecule has 116 valence electrons. The number of carbonyl (C=O) groups is 1. The molecule has 1 heterocycles. The Kier molecular flexibility index (Phi) is 4.50. The first-order chi connectivity index (χ1) is 10.4. The molecule has 0 saturated carbocycles. The van der Waals surface area contributed by atoms with Crippen molar-refractivity contribution >= 4 is 5.97 Å². The second-order valence-corrected chi connectivity index (χ2v) is 4.86. The molecular formula is C16H16O6. The third-order valence-corrected chi connectivity index (χ3v) is 3.28. The molecule has 0 aliphatic carbocycles. The summed E-state index contributed by atoms with van der Waals surface area (Å²) >= 11 is 0. The monoisotopic (exact) mass is 304 g/mol. The van der Waals surface area contributed by atoms with E-state index in [1.54, 1.807) is 19.1 Å². The number of carbonyl (C=O) groups excluding carboxylic acids is 1. The van der Waals surface area contributed by atoms with E-state index < -0.39 is 23.1 Å². The number of hydrogen-bond donors (Lipinski definition) is 2. The zero-order chi connectivity index (χ0) is 16.3. The van der Waals surface area contributed by atoms with Crippen LogP contribution in [0.25, 0.3) is 0 Å². The van der Waals surface area contributed by atoms with E-state index in [0.29, 0.717) is 11.3 Å². The molecule has 1 aromatic heterocycles. The number of benzene rings is 1. The number of rotatable bonds is 4. The maximum absolute atomic E-state index is 11.7. The summed E-state index contributed by atoms with van der Waals surface area (Å²) in [6, 6.07) is 7.25. The molecule has 2 aromatic rings. The summed E-state index contributed by atoms with van der Waals surface area (Å²) < 4.78 is 10.1. The van der Waals surface area contributed by atoms with Crippen molar-refractivity contribution in [3.63, 3.8) is 0 Å². The SMILES string of the molecule is COC(=O)CC(c1ccc(O)cc1)c1oc(C)cc(=O)c1O. The van der Waals surface area contributed by atoms with Crippen molar-refractivity contribution in [1.29, 1.82) is 0 Å². The Morgan fingerprint density at radius 1 is 1.27 bits per heavy atom. The Morgan fingerprint density at radius 2 is 1.91 bits per heavy atom. The summed E-state index contributed by atoms with van der Waals surface area (Å²) in [6.45, 7) is 1.58. The molecule has 0 spiro atoms. The van der Waals surface area contributed by atoms with Crippen LogP contribution in [0.5, 0.6) is 11.5 Å². The van der Waals surface area contributed by atoms with Crippen LogP contribution in [-0.4, -0.2) is 23.3 Å². The van der Waals surface area contributed by atoms with E-state index in [-0.39, 0.29) is 17.9 Å². The number of methoxy groups -OCH3 is 1. The van der Waals surface area contributed by atoms with Gasteiger partial charge in [-0.25, -0.2) is 0 Å².